The second-order valence-corrected chi connectivity index (χ2v) is 2.57. The Kier molecular flexibility index (Phi) is 26.2. The molecule has 0 unspecified atom stereocenters. The van der Waals surface area contributed by atoms with E-state index in [2.05, 4.69) is 0 Å². The summed E-state index contributed by atoms with van der Waals surface area (Å²) in [5, 5.41) is 0. The van der Waals surface area contributed by atoms with Crippen LogP contribution in [0.4, 0.5) is 0 Å². The van der Waals surface area contributed by atoms with E-state index in [4.69, 9.17) is 35.0 Å². The van der Waals surface area contributed by atoms with Gasteiger partial charge in [-0.1, -0.05) is 0 Å². The number of hydrogen-bond acceptors (Lipinski definition) is 6. The first kappa shape index (κ1) is 29.3. The molecule has 0 spiro atoms. The molecule has 0 aliphatic rings. The van der Waals surface area contributed by atoms with Gasteiger partial charge in [0, 0.05) is 10.4 Å². The number of rotatable bonds is 0. The van der Waals surface area contributed by atoms with Crippen molar-refractivity contribution in [2.24, 2.45) is 0 Å². The molecule has 0 fully saturated rings. The molecule has 13 heavy (non-hydrogen) atoms. The SMILES string of the molecule is O=S(=O)(O)O.O=S(=O)([O-])[O-].[Cl-].[Cu+2].[Na+]. The molecule has 81 valence electrons. The van der Waals surface area contributed by atoms with Gasteiger partial charge in [0.05, 0.1) is 0 Å². The Labute approximate surface area is 114 Å². The second-order valence-electron chi connectivity index (χ2n) is 0.856. The van der Waals surface area contributed by atoms with Crippen molar-refractivity contribution in [3.8, 4) is 0 Å². The van der Waals surface area contributed by atoms with E-state index >= 15 is 0 Å². The van der Waals surface area contributed by atoms with E-state index in [9.17, 15) is 0 Å². The largest absolute Gasteiger partial charge is 2.00 e. The molecule has 13 heteroatoms. The molecule has 8 nitrogen and oxygen atoms in total. The average Bonchev–Trinajstić information content (AvgIpc) is 1.12. The summed E-state index contributed by atoms with van der Waals surface area (Å²) in [4.78, 5) is 0. The van der Waals surface area contributed by atoms with Gasteiger partial charge in [0.1, 0.15) is 0 Å². The fourth-order valence-corrected chi connectivity index (χ4v) is 0. The van der Waals surface area contributed by atoms with E-state index in [1.165, 1.54) is 0 Å². The maximum absolute atomic E-state index is 8.74. The molecule has 0 saturated carbocycles. The van der Waals surface area contributed by atoms with Gasteiger partial charge in [0.25, 0.3) is 0 Å². The van der Waals surface area contributed by atoms with Crippen LogP contribution in [-0.2, 0) is 37.9 Å². The molecule has 2 N–H and O–H groups in total. The van der Waals surface area contributed by atoms with Crippen LogP contribution in [0.3, 0.4) is 0 Å². The predicted molar refractivity (Wildman–Crippen MR) is 24.7 cm³/mol. The normalized spacial score (nSPS) is 8.92. The summed E-state index contributed by atoms with van der Waals surface area (Å²) >= 11 is 0. The zero-order valence-electron chi connectivity index (χ0n) is 5.84. The minimum Gasteiger partial charge on any atom is -1.00 e. The van der Waals surface area contributed by atoms with Crippen LogP contribution in [-0.4, -0.2) is 35.0 Å². The van der Waals surface area contributed by atoms with Crippen molar-refractivity contribution in [3.63, 3.8) is 0 Å². The van der Waals surface area contributed by atoms with Gasteiger partial charge in [0.15, 0.2) is 0 Å². The average molecular weight is 316 g/mol. The summed E-state index contributed by atoms with van der Waals surface area (Å²) in [5.74, 6) is 0. The minimum absolute atomic E-state index is 0. The Morgan fingerprint density at radius 3 is 0.923 bits per heavy atom. The van der Waals surface area contributed by atoms with Gasteiger partial charge in [-0.3, -0.25) is 17.5 Å². The van der Waals surface area contributed by atoms with E-state index in [0.717, 1.165) is 0 Å². The molecule has 0 rings (SSSR count). The molecular formula is H2ClCuNaO8S2. The first-order valence-electron chi connectivity index (χ1n) is 1.37. The van der Waals surface area contributed by atoms with Crippen molar-refractivity contribution in [3.05, 3.63) is 0 Å². The molecule has 0 aliphatic carbocycles. The van der Waals surface area contributed by atoms with Gasteiger partial charge in [-0.05, 0) is 0 Å². The monoisotopic (exact) mass is 315 g/mol. The first-order valence-corrected chi connectivity index (χ1v) is 4.10. The minimum atomic E-state index is -5.17. The van der Waals surface area contributed by atoms with Gasteiger partial charge < -0.3 is 21.5 Å². The molecule has 0 aliphatic heterocycles. The standard InChI is InChI=1S/ClH.Cu.Na.2H2O4S/c;;;2*1-5(2,3)4/h1H;;;2*(H2,1,2,3,4)/q;+2;+1;;/p-3. The topological polar surface area (TPSA) is 155 Å². The number of hydrogen-bond donors (Lipinski definition) is 2. The molecular weight excluding hydrogens is 314 g/mol. The van der Waals surface area contributed by atoms with Crippen molar-refractivity contribution >= 4 is 20.8 Å². The predicted octanol–water partition coefficient (Wildman–Crippen LogP) is -7.99. The zero-order chi connectivity index (χ0) is 9.00. The van der Waals surface area contributed by atoms with Gasteiger partial charge in [0.2, 0.25) is 0 Å². The van der Waals surface area contributed by atoms with Crippen molar-refractivity contribution in [2.45, 2.75) is 0 Å². The zero-order valence-corrected chi connectivity index (χ0v) is 11.2. The molecule has 0 atom stereocenters. The maximum atomic E-state index is 8.74. The third-order valence-electron chi connectivity index (χ3n) is 0. The van der Waals surface area contributed by atoms with Gasteiger partial charge in [-0.15, -0.1) is 0 Å². The van der Waals surface area contributed by atoms with Crippen LogP contribution in [0.1, 0.15) is 0 Å². The summed E-state index contributed by atoms with van der Waals surface area (Å²) in [5.41, 5.74) is 0. The van der Waals surface area contributed by atoms with Crippen LogP contribution in [0.5, 0.6) is 0 Å². The van der Waals surface area contributed by atoms with Crippen molar-refractivity contribution in [1.29, 1.82) is 0 Å². The summed E-state index contributed by atoms with van der Waals surface area (Å²) < 4.78 is 65.7. The molecule has 0 aromatic rings. The molecule has 0 aromatic heterocycles. The Morgan fingerprint density at radius 1 is 0.923 bits per heavy atom. The molecule has 0 heterocycles. The molecule has 0 bridgehead atoms. The van der Waals surface area contributed by atoms with E-state index in [0.29, 0.717) is 0 Å². The van der Waals surface area contributed by atoms with Crippen LogP contribution in [0, 0.1) is 0 Å². The Balaban J connectivity index is -0.0000000267. The van der Waals surface area contributed by atoms with E-state index in [-0.39, 0.29) is 59.0 Å². The fourth-order valence-electron chi connectivity index (χ4n) is 0. The van der Waals surface area contributed by atoms with Crippen LogP contribution in [0.15, 0.2) is 0 Å². The third kappa shape index (κ3) is 753. The van der Waals surface area contributed by atoms with Gasteiger partial charge in [-0.2, -0.15) is 8.42 Å². The van der Waals surface area contributed by atoms with E-state index in [1.54, 1.807) is 0 Å². The molecule has 0 amide bonds. The Hall–Kier alpha value is 1.55. The summed E-state index contributed by atoms with van der Waals surface area (Å²) in [6.45, 7) is 0. The van der Waals surface area contributed by atoms with Gasteiger partial charge in [-0.25, -0.2) is 0 Å². The maximum Gasteiger partial charge on any atom is 2.00 e. The van der Waals surface area contributed by atoms with Crippen LogP contribution in [0.2, 0.25) is 0 Å². The van der Waals surface area contributed by atoms with E-state index in [1.807, 2.05) is 0 Å². The smallest absolute Gasteiger partial charge is 1.00 e. The fraction of sp³-hybridized carbons (Fsp3) is 0. The van der Waals surface area contributed by atoms with Crippen molar-refractivity contribution in [1.82, 2.24) is 0 Å². The quantitative estimate of drug-likeness (QED) is 0.254. The van der Waals surface area contributed by atoms with Crippen molar-refractivity contribution in [2.75, 3.05) is 0 Å². The Morgan fingerprint density at radius 2 is 0.923 bits per heavy atom. The molecule has 0 aromatic carbocycles. The second kappa shape index (κ2) is 11.6. The summed E-state index contributed by atoms with van der Waals surface area (Å²) in [6.07, 6.45) is 0. The van der Waals surface area contributed by atoms with Crippen LogP contribution in [0.25, 0.3) is 0 Å². The third-order valence-corrected chi connectivity index (χ3v) is 0. The molecule has 0 saturated heterocycles. The summed E-state index contributed by atoms with van der Waals surface area (Å²) in [6, 6.07) is 0. The Bertz CT molecular complexity index is 219. The van der Waals surface area contributed by atoms with Crippen LogP contribution < -0.4 is 42.0 Å². The van der Waals surface area contributed by atoms with Crippen LogP contribution >= 0.6 is 0 Å². The van der Waals surface area contributed by atoms with E-state index < -0.39 is 20.8 Å². The van der Waals surface area contributed by atoms with Crippen molar-refractivity contribution < 1.29 is 94.1 Å². The first-order chi connectivity index (χ1) is 4.00. The van der Waals surface area contributed by atoms with Gasteiger partial charge >= 0.3 is 57.0 Å². The summed E-state index contributed by atoms with van der Waals surface area (Å²) in [7, 11) is -9.83. The molecule has 1 radical (unpaired) electrons. The number of halogens is 1.